The van der Waals surface area contributed by atoms with E-state index in [1.807, 2.05) is 0 Å². The second-order valence-corrected chi connectivity index (χ2v) is 11.8. The summed E-state index contributed by atoms with van der Waals surface area (Å²) in [5.41, 5.74) is 0. The number of carbonyl (C=O) groups is 4. The van der Waals surface area contributed by atoms with Crippen LogP contribution in [0.15, 0.2) is 0 Å². The predicted molar refractivity (Wildman–Crippen MR) is 151 cm³/mol. The minimum atomic E-state index is -3.08. The average molecular weight is 717 g/mol. The molecule has 0 spiro atoms. The highest BCUT2D eigenvalue weighted by Crippen LogP contribution is 2.38. The number of hydrogen-bond acceptors (Lipinski definition) is 19. The van der Waals surface area contributed by atoms with Gasteiger partial charge in [-0.2, -0.15) is 0 Å². The lowest BCUT2D eigenvalue weighted by Gasteiger charge is -2.51. The third-order valence-corrected chi connectivity index (χ3v) is 8.14. The van der Waals surface area contributed by atoms with Crippen molar-refractivity contribution >= 4 is 23.8 Å². The van der Waals surface area contributed by atoms with Gasteiger partial charge in [0.05, 0.1) is 32.0 Å². The van der Waals surface area contributed by atoms with Gasteiger partial charge in [-0.25, -0.2) is 4.79 Å². The lowest BCUT2D eigenvalue weighted by Crippen LogP contribution is -2.71. The normalized spacial score (nSPS) is 40.9. The number of aliphatic hydroxyl groups is 9. The van der Waals surface area contributed by atoms with E-state index in [1.54, 1.807) is 0 Å². The summed E-state index contributed by atoms with van der Waals surface area (Å²) in [6.45, 7) is 0.0591. The molecule has 3 aliphatic heterocycles. The van der Waals surface area contributed by atoms with Crippen molar-refractivity contribution in [1.82, 2.24) is 10.6 Å². The SMILES string of the molecule is CC(=O)N[C@H]1[C@H]([C@H](OC(C)=O)[C@H](O)CO)O[C@@](O[C@H]2[C@@H](O)[C@@H](CO)O[C@H](O[C@H]3[C@H](O)[C@@H](NC(C)=O)C(O)O[C@@H]3CO)[C@@H]2O)(C(=O)O)C[C@@H]1O. The van der Waals surface area contributed by atoms with E-state index in [-0.39, 0.29) is 0 Å². The van der Waals surface area contributed by atoms with E-state index in [0.29, 0.717) is 0 Å². The molecule has 0 saturated carbocycles. The van der Waals surface area contributed by atoms with Gasteiger partial charge in [-0.05, 0) is 0 Å². The molecule has 282 valence electrons. The van der Waals surface area contributed by atoms with E-state index in [2.05, 4.69) is 10.6 Å². The standard InChI is InChI=1S/C27H44N2O20/c1-8(33)28-15-11(36)4-27(26(42)43,48-22(15)20(12(37)5-30)44-10(3)35)49-23-17(38)13(6-31)46-25(19(23)40)47-21-14(7-32)45-24(41)16(18(21)39)29-9(2)34/h11-25,30-32,36-41H,4-7H2,1-3H3,(H,28,33)(H,29,34)(H,42,43)/t11-,12+,13+,14+,15+,16+,17-,18+,19+,20+,21+,22+,23-,24?,25+,27-/m0/s1. The van der Waals surface area contributed by atoms with Gasteiger partial charge in [-0.15, -0.1) is 0 Å². The van der Waals surface area contributed by atoms with Gasteiger partial charge in [0.1, 0.15) is 61.0 Å². The van der Waals surface area contributed by atoms with Gasteiger partial charge in [0, 0.05) is 27.2 Å². The first-order valence-corrected chi connectivity index (χ1v) is 15.1. The monoisotopic (exact) mass is 716 g/mol. The number of aliphatic carboxylic acids is 1. The van der Waals surface area contributed by atoms with Crippen molar-refractivity contribution in [2.24, 2.45) is 0 Å². The number of aliphatic hydroxyl groups excluding tert-OH is 9. The Balaban J connectivity index is 2.01. The van der Waals surface area contributed by atoms with E-state index in [9.17, 15) is 70.2 Å². The van der Waals surface area contributed by atoms with Crippen LogP contribution in [0.4, 0.5) is 0 Å². The highest BCUT2D eigenvalue weighted by atomic mass is 16.8. The van der Waals surface area contributed by atoms with Crippen LogP contribution >= 0.6 is 0 Å². The first kappa shape index (κ1) is 40.7. The van der Waals surface area contributed by atoms with Crippen LogP contribution in [0.3, 0.4) is 0 Å². The first-order valence-electron chi connectivity index (χ1n) is 15.1. The van der Waals surface area contributed by atoms with Gasteiger partial charge in [0.25, 0.3) is 5.79 Å². The van der Waals surface area contributed by atoms with E-state index in [1.165, 1.54) is 0 Å². The third-order valence-electron chi connectivity index (χ3n) is 8.14. The number of carbonyl (C=O) groups excluding carboxylic acids is 3. The first-order chi connectivity index (χ1) is 22.9. The Morgan fingerprint density at radius 3 is 1.94 bits per heavy atom. The fourth-order valence-electron chi connectivity index (χ4n) is 5.89. The molecular formula is C27H44N2O20. The average Bonchev–Trinajstić information content (AvgIpc) is 3.02. The molecule has 3 aliphatic rings. The second kappa shape index (κ2) is 17.0. The molecule has 16 atom stereocenters. The highest BCUT2D eigenvalue weighted by molar-refractivity contribution is 5.77. The fourth-order valence-corrected chi connectivity index (χ4v) is 5.89. The Hall–Kier alpha value is -2.68. The number of carboxylic acids is 1. The predicted octanol–water partition coefficient (Wildman–Crippen LogP) is -7.51. The maximum absolute atomic E-state index is 12.8. The molecule has 3 heterocycles. The van der Waals surface area contributed by atoms with E-state index >= 15 is 0 Å². The Bertz CT molecular complexity index is 1160. The summed E-state index contributed by atoms with van der Waals surface area (Å²) in [6.07, 6.45) is -25.8. The minimum absolute atomic E-state index is 0.700. The summed E-state index contributed by atoms with van der Waals surface area (Å²) >= 11 is 0. The van der Waals surface area contributed by atoms with Gasteiger partial charge in [-0.1, -0.05) is 0 Å². The van der Waals surface area contributed by atoms with Gasteiger partial charge >= 0.3 is 11.9 Å². The van der Waals surface area contributed by atoms with Crippen LogP contribution in [-0.2, 0) is 47.6 Å². The van der Waals surface area contributed by atoms with E-state index < -0.39 is 148 Å². The number of nitrogens with one attached hydrogen (secondary N) is 2. The summed E-state index contributed by atoms with van der Waals surface area (Å²) in [5, 5.41) is 109. The van der Waals surface area contributed by atoms with Crippen molar-refractivity contribution in [3.8, 4) is 0 Å². The number of carboxylic acid groups (broad SMARTS) is 1. The van der Waals surface area contributed by atoms with Crippen LogP contribution in [0, 0.1) is 0 Å². The van der Waals surface area contributed by atoms with Gasteiger partial charge in [-0.3, -0.25) is 14.4 Å². The fraction of sp³-hybridized carbons (Fsp3) is 0.852. The molecular weight excluding hydrogens is 672 g/mol. The number of hydrogen-bond donors (Lipinski definition) is 12. The van der Waals surface area contributed by atoms with Crippen LogP contribution in [0.25, 0.3) is 0 Å². The molecule has 0 aromatic heterocycles. The Morgan fingerprint density at radius 2 is 1.43 bits per heavy atom. The zero-order valence-corrected chi connectivity index (χ0v) is 26.5. The second-order valence-electron chi connectivity index (χ2n) is 11.8. The Morgan fingerprint density at radius 1 is 0.837 bits per heavy atom. The number of amides is 2. The summed E-state index contributed by atoms with van der Waals surface area (Å²) in [4.78, 5) is 48.3. The van der Waals surface area contributed by atoms with Crippen LogP contribution < -0.4 is 10.6 Å². The quantitative estimate of drug-likeness (QED) is 0.0787. The molecule has 3 fully saturated rings. The zero-order chi connectivity index (χ0) is 37.0. The molecule has 12 N–H and O–H groups in total. The summed E-state index contributed by atoms with van der Waals surface area (Å²) in [6, 6.07) is -3.10. The largest absolute Gasteiger partial charge is 0.477 e. The molecule has 0 aromatic rings. The van der Waals surface area contributed by atoms with Crippen LogP contribution in [-0.4, -0.2) is 192 Å². The Labute approximate surface area is 278 Å². The van der Waals surface area contributed by atoms with Gasteiger partial charge in [0.15, 0.2) is 18.7 Å². The summed E-state index contributed by atoms with van der Waals surface area (Å²) in [7, 11) is 0. The van der Waals surface area contributed by atoms with Crippen molar-refractivity contribution < 1.29 is 98.7 Å². The third kappa shape index (κ3) is 9.17. The molecule has 3 saturated heterocycles. The highest BCUT2D eigenvalue weighted by Gasteiger charge is 2.60. The molecule has 22 nitrogen and oxygen atoms in total. The lowest BCUT2D eigenvalue weighted by molar-refractivity contribution is -0.382. The molecule has 1 unspecified atom stereocenters. The molecule has 0 radical (unpaired) electrons. The lowest BCUT2D eigenvalue weighted by atomic mass is 9.88. The molecule has 0 aromatic carbocycles. The smallest absolute Gasteiger partial charge is 0.364 e. The maximum atomic E-state index is 12.8. The van der Waals surface area contributed by atoms with Crippen molar-refractivity contribution in [2.45, 2.75) is 125 Å². The minimum Gasteiger partial charge on any atom is -0.477 e. The zero-order valence-electron chi connectivity index (χ0n) is 26.5. The summed E-state index contributed by atoms with van der Waals surface area (Å²) in [5.74, 6) is -7.60. The van der Waals surface area contributed by atoms with Crippen molar-refractivity contribution in [2.75, 3.05) is 19.8 Å². The molecule has 22 heteroatoms. The van der Waals surface area contributed by atoms with Crippen molar-refractivity contribution in [3.63, 3.8) is 0 Å². The number of ether oxygens (including phenoxy) is 6. The topological polar surface area (TPSA) is 350 Å². The molecule has 49 heavy (non-hydrogen) atoms. The van der Waals surface area contributed by atoms with E-state index in [0.717, 1.165) is 20.8 Å². The van der Waals surface area contributed by atoms with Gasteiger partial charge in [0.2, 0.25) is 11.8 Å². The Kier molecular flexibility index (Phi) is 14.2. The van der Waals surface area contributed by atoms with Crippen molar-refractivity contribution in [3.05, 3.63) is 0 Å². The van der Waals surface area contributed by atoms with Gasteiger partial charge < -0.3 is 90.1 Å². The molecule has 0 aliphatic carbocycles. The van der Waals surface area contributed by atoms with Crippen LogP contribution in [0.2, 0.25) is 0 Å². The summed E-state index contributed by atoms with van der Waals surface area (Å²) < 4.78 is 32.8. The van der Waals surface area contributed by atoms with Crippen molar-refractivity contribution in [1.29, 1.82) is 0 Å². The van der Waals surface area contributed by atoms with Crippen LogP contribution in [0.1, 0.15) is 27.2 Å². The van der Waals surface area contributed by atoms with E-state index in [4.69, 9.17) is 28.4 Å². The molecule has 2 amide bonds. The maximum Gasteiger partial charge on any atom is 0.364 e. The number of rotatable bonds is 13. The van der Waals surface area contributed by atoms with Crippen LogP contribution in [0.5, 0.6) is 0 Å². The molecule has 3 rings (SSSR count). The number of esters is 1. The molecule has 0 bridgehead atoms.